The van der Waals surface area contributed by atoms with Gasteiger partial charge >= 0.3 is 0 Å². The summed E-state index contributed by atoms with van der Waals surface area (Å²) in [4.78, 5) is 18.4. The molecule has 25 heavy (non-hydrogen) atoms. The number of likely N-dealkylation sites (N-methyl/N-ethyl adjacent to an activating group) is 1. The molecule has 0 saturated heterocycles. The molecule has 0 saturated carbocycles. The Kier molecular flexibility index (Phi) is 4.96. The average Bonchev–Trinajstić information content (AvgIpc) is 2.95. The number of fused-ring (bicyclic) bond motifs is 1. The summed E-state index contributed by atoms with van der Waals surface area (Å²) in [6.45, 7) is 2.13. The molecule has 130 valence electrons. The number of nitrogens with zero attached hydrogens (tertiary/aromatic N) is 2. The fourth-order valence-electron chi connectivity index (χ4n) is 2.51. The van der Waals surface area contributed by atoms with E-state index in [9.17, 15) is 14.3 Å². The maximum atomic E-state index is 13.2. The number of benzene rings is 2. The first-order valence-corrected chi connectivity index (χ1v) is 8.59. The van der Waals surface area contributed by atoms with Crippen LogP contribution < -0.4 is 5.32 Å². The number of hydrogen-bond donors (Lipinski definition) is 2. The average molecular weight is 359 g/mol. The lowest BCUT2D eigenvalue weighted by molar-refractivity contribution is -0.117. The van der Waals surface area contributed by atoms with Gasteiger partial charge in [-0.3, -0.25) is 9.69 Å². The minimum atomic E-state index is -0.325. The minimum Gasteiger partial charge on any atom is -0.508 e. The summed E-state index contributed by atoms with van der Waals surface area (Å²) in [6.07, 6.45) is 0. The molecule has 1 aromatic heterocycles. The Morgan fingerprint density at radius 3 is 2.92 bits per heavy atom. The summed E-state index contributed by atoms with van der Waals surface area (Å²) < 4.78 is 13.9. The van der Waals surface area contributed by atoms with Crippen molar-refractivity contribution in [2.75, 3.05) is 18.9 Å². The highest BCUT2D eigenvalue weighted by Gasteiger charge is 2.16. The Labute approximate surface area is 148 Å². The van der Waals surface area contributed by atoms with Gasteiger partial charge in [0, 0.05) is 6.04 Å². The number of aromatic hydroxyl groups is 1. The van der Waals surface area contributed by atoms with Gasteiger partial charge in [-0.05, 0) is 49.9 Å². The molecule has 0 aliphatic carbocycles. The second-order valence-corrected chi connectivity index (χ2v) is 6.90. The van der Waals surface area contributed by atoms with E-state index < -0.39 is 0 Å². The predicted octanol–water partition coefficient (Wildman–Crippen LogP) is 3.77. The third kappa shape index (κ3) is 4.12. The number of phenols is 1. The van der Waals surface area contributed by atoms with Gasteiger partial charge in [-0.2, -0.15) is 0 Å². The lowest BCUT2D eigenvalue weighted by atomic mass is 10.1. The molecule has 1 atom stereocenters. The zero-order chi connectivity index (χ0) is 18.0. The summed E-state index contributed by atoms with van der Waals surface area (Å²) in [7, 11) is 1.84. The number of nitrogens with one attached hydrogen (secondary N) is 1. The SMILES string of the molecule is CC(c1cccc(O)c1)N(C)CC(=O)Nc1nc2ccc(F)cc2s1. The van der Waals surface area contributed by atoms with Crippen molar-refractivity contribution in [2.45, 2.75) is 13.0 Å². The van der Waals surface area contributed by atoms with E-state index in [-0.39, 0.29) is 30.1 Å². The van der Waals surface area contributed by atoms with Crippen LogP contribution in [-0.4, -0.2) is 34.5 Å². The molecule has 2 aromatic carbocycles. The number of anilines is 1. The highest BCUT2D eigenvalue weighted by Crippen LogP contribution is 2.27. The molecule has 5 nitrogen and oxygen atoms in total. The van der Waals surface area contributed by atoms with Crippen molar-refractivity contribution in [2.24, 2.45) is 0 Å². The van der Waals surface area contributed by atoms with E-state index in [4.69, 9.17) is 0 Å². The Morgan fingerprint density at radius 2 is 2.16 bits per heavy atom. The van der Waals surface area contributed by atoms with Gasteiger partial charge in [0.1, 0.15) is 11.6 Å². The number of carbonyl (C=O) groups excluding carboxylic acids is 1. The highest BCUT2D eigenvalue weighted by atomic mass is 32.1. The van der Waals surface area contributed by atoms with E-state index in [0.717, 1.165) is 5.56 Å². The summed E-state index contributed by atoms with van der Waals surface area (Å²) in [6, 6.07) is 11.3. The summed E-state index contributed by atoms with van der Waals surface area (Å²) in [5.41, 5.74) is 1.58. The second-order valence-electron chi connectivity index (χ2n) is 5.87. The molecule has 0 spiro atoms. The van der Waals surface area contributed by atoms with Crippen molar-refractivity contribution in [3.8, 4) is 5.75 Å². The number of phenolic OH excluding ortho intramolecular Hbond substituents is 1. The summed E-state index contributed by atoms with van der Waals surface area (Å²) >= 11 is 1.24. The number of rotatable bonds is 5. The number of thiazole rings is 1. The fourth-order valence-corrected chi connectivity index (χ4v) is 3.42. The van der Waals surface area contributed by atoms with Gasteiger partial charge in [0.2, 0.25) is 5.91 Å². The quantitative estimate of drug-likeness (QED) is 0.728. The number of halogens is 1. The standard InChI is InChI=1S/C18H18FN3O2S/c1-11(12-4-3-5-14(23)8-12)22(2)10-17(24)21-18-20-15-7-6-13(19)9-16(15)25-18/h3-9,11,23H,10H2,1-2H3,(H,20,21,24). The van der Waals surface area contributed by atoms with E-state index in [1.807, 2.05) is 24.9 Å². The van der Waals surface area contributed by atoms with Crippen LogP contribution in [0.15, 0.2) is 42.5 Å². The largest absolute Gasteiger partial charge is 0.508 e. The lowest BCUT2D eigenvalue weighted by Crippen LogP contribution is -2.32. The molecule has 1 unspecified atom stereocenters. The molecule has 3 aromatic rings. The molecule has 1 amide bonds. The molecule has 1 heterocycles. The van der Waals surface area contributed by atoms with Crippen LogP contribution in [0, 0.1) is 5.82 Å². The van der Waals surface area contributed by atoms with Crippen LogP contribution in [0.5, 0.6) is 5.75 Å². The van der Waals surface area contributed by atoms with Crippen LogP contribution in [0.4, 0.5) is 9.52 Å². The Balaban J connectivity index is 1.64. The van der Waals surface area contributed by atoms with Gasteiger partial charge < -0.3 is 10.4 Å². The van der Waals surface area contributed by atoms with E-state index >= 15 is 0 Å². The molecule has 0 fully saturated rings. The molecular formula is C18H18FN3O2S. The minimum absolute atomic E-state index is 0.0395. The third-order valence-corrected chi connectivity index (χ3v) is 4.94. The zero-order valence-electron chi connectivity index (χ0n) is 13.9. The van der Waals surface area contributed by atoms with E-state index in [2.05, 4.69) is 10.3 Å². The van der Waals surface area contributed by atoms with Crippen LogP contribution in [0.3, 0.4) is 0 Å². The first-order chi connectivity index (χ1) is 11.9. The van der Waals surface area contributed by atoms with Crippen LogP contribution in [0.2, 0.25) is 0 Å². The highest BCUT2D eigenvalue weighted by molar-refractivity contribution is 7.22. The van der Waals surface area contributed by atoms with Gasteiger partial charge in [0.25, 0.3) is 0 Å². The first-order valence-electron chi connectivity index (χ1n) is 7.77. The Hall–Kier alpha value is -2.51. The zero-order valence-corrected chi connectivity index (χ0v) is 14.7. The van der Waals surface area contributed by atoms with Crippen LogP contribution in [0.25, 0.3) is 10.2 Å². The molecular weight excluding hydrogens is 341 g/mol. The molecule has 2 N–H and O–H groups in total. The molecule has 0 aliphatic heterocycles. The molecule has 0 aliphatic rings. The van der Waals surface area contributed by atoms with Crippen molar-refractivity contribution in [1.29, 1.82) is 0 Å². The topological polar surface area (TPSA) is 65.5 Å². The lowest BCUT2D eigenvalue weighted by Gasteiger charge is -2.24. The maximum absolute atomic E-state index is 13.2. The predicted molar refractivity (Wildman–Crippen MR) is 97.4 cm³/mol. The van der Waals surface area contributed by atoms with Crippen molar-refractivity contribution in [1.82, 2.24) is 9.88 Å². The number of hydrogen-bond acceptors (Lipinski definition) is 5. The second kappa shape index (κ2) is 7.16. The molecule has 0 bridgehead atoms. The smallest absolute Gasteiger partial charge is 0.240 e. The van der Waals surface area contributed by atoms with Crippen molar-refractivity contribution in [3.05, 3.63) is 53.8 Å². The van der Waals surface area contributed by atoms with Gasteiger partial charge in [0.05, 0.1) is 16.8 Å². The summed E-state index contributed by atoms with van der Waals surface area (Å²) in [5, 5.41) is 12.8. The van der Waals surface area contributed by atoms with Crippen LogP contribution in [-0.2, 0) is 4.79 Å². The fraction of sp³-hybridized carbons (Fsp3) is 0.222. The van der Waals surface area contributed by atoms with Gasteiger partial charge in [-0.25, -0.2) is 9.37 Å². The number of amides is 1. The Morgan fingerprint density at radius 1 is 1.36 bits per heavy atom. The Bertz CT molecular complexity index is 912. The normalized spacial score (nSPS) is 12.5. The number of carbonyl (C=O) groups is 1. The van der Waals surface area contributed by atoms with E-state index in [0.29, 0.717) is 15.3 Å². The van der Waals surface area contributed by atoms with Gasteiger partial charge in [-0.1, -0.05) is 23.5 Å². The van der Waals surface area contributed by atoms with Gasteiger partial charge in [0.15, 0.2) is 5.13 Å². The molecule has 0 radical (unpaired) electrons. The van der Waals surface area contributed by atoms with Crippen molar-refractivity contribution >= 4 is 32.6 Å². The van der Waals surface area contributed by atoms with E-state index in [1.165, 1.54) is 23.5 Å². The first kappa shape index (κ1) is 17.3. The molecule has 3 rings (SSSR count). The molecule has 7 heteroatoms. The van der Waals surface area contributed by atoms with Crippen molar-refractivity contribution in [3.63, 3.8) is 0 Å². The number of aromatic nitrogens is 1. The van der Waals surface area contributed by atoms with E-state index in [1.54, 1.807) is 24.3 Å². The maximum Gasteiger partial charge on any atom is 0.240 e. The van der Waals surface area contributed by atoms with Crippen LogP contribution in [0.1, 0.15) is 18.5 Å². The van der Waals surface area contributed by atoms with Crippen molar-refractivity contribution < 1.29 is 14.3 Å². The van der Waals surface area contributed by atoms with Gasteiger partial charge in [-0.15, -0.1) is 0 Å². The third-order valence-electron chi connectivity index (χ3n) is 4.00. The monoisotopic (exact) mass is 359 g/mol. The van der Waals surface area contributed by atoms with Crippen LogP contribution >= 0.6 is 11.3 Å². The summed E-state index contributed by atoms with van der Waals surface area (Å²) in [5.74, 6) is -0.327.